The quantitative estimate of drug-likeness (QED) is 0.841. The van der Waals surface area contributed by atoms with Crippen molar-refractivity contribution in [3.05, 3.63) is 34.9 Å². The Balaban J connectivity index is 2.23. The maximum absolute atomic E-state index is 12.2. The molecule has 1 aromatic carbocycles. The van der Waals surface area contributed by atoms with Crippen LogP contribution in [0.15, 0.2) is 18.2 Å². The van der Waals surface area contributed by atoms with Crippen LogP contribution >= 0.6 is 0 Å². The van der Waals surface area contributed by atoms with Crippen LogP contribution in [0, 0.1) is 0 Å². The van der Waals surface area contributed by atoms with Crippen molar-refractivity contribution in [3.63, 3.8) is 0 Å². The van der Waals surface area contributed by atoms with Crippen LogP contribution in [0.5, 0.6) is 0 Å². The number of carbonyl (C=O) groups is 1. The zero-order valence-corrected chi connectivity index (χ0v) is 12.9. The number of aryl methyl sites for hydroxylation is 1. The number of nitrogens with one attached hydrogen (secondary N) is 1. The molecule has 2 N–H and O–H groups in total. The molecule has 1 unspecified atom stereocenters. The molecule has 20 heavy (non-hydrogen) atoms. The van der Waals surface area contributed by atoms with Gasteiger partial charge in [0.15, 0.2) is 0 Å². The molecule has 1 aliphatic carbocycles. The van der Waals surface area contributed by atoms with E-state index >= 15 is 0 Å². The number of hydrogen-bond donors (Lipinski definition) is 2. The summed E-state index contributed by atoms with van der Waals surface area (Å²) >= 11 is -1.12. The van der Waals surface area contributed by atoms with Gasteiger partial charge in [0.25, 0.3) is 0 Å². The Morgan fingerprint density at radius 2 is 2.15 bits per heavy atom. The molecule has 0 saturated heterocycles. The van der Waals surface area contributed by atoms with Crippen molar-refractivity contribution in [2.75, 3.05) is 0 Å². The molecule has 0 aliphatic heterocycles. The summed E-state index contributed by atoms with van der Waals surface area (Å²) in [5, 5.41) is 9.04. The molecule has 0 aromatic heterocycles. The van der Waals surface area contributed by atoms with Crippen molar-refractivity contribution in [2.24, 2.45) is 0 Å². The van der Waals surface area contributed by atoms with Gasteiger partial charge in [-0.3, -0.25) is 0 Å². The second kappa shape index (κ2) is 5.76. The van der Waals surface area contributed by atoms with Crippen LogP contribution in [0.4, 0.5) is 0 Å². The van der Waals surface area contributed by atoms with E-state index in [2.05, 4.69) is 4.72 Å². The number of carboxylic acids is 1. The van der Waals surface area contributed by atoms with Crippen LogP contribution in [-0.4, -0.2) is 20.4 Å². The molecule has 110 valence electrons. The topological polar surface area (TPSA) is 72.4 Å². The Bertz CT molecular complexity index is 510. The van der Waals surface area contributed by atoms with E-state index in [0.29, 0.717) is 5.56 Å². The number of fused-ring (bicyclic) bond motifs is 1. The fourth-order valence-electron chi connectivity index (χ4n) is 2.38. The molecule has 0 heterocycles. The van der Waals surface area contributed by atoms with E-state index in [0.717, 1.165) is 30.4 Å². The van der Waals surface area contributed by atoms with Crippen molar-refractivity contribution in [1.82, 2.24) is 4.72 Å². The Labute approximate surface area is 122 Å². The molecule has 4 nitrogen and oxygen atoms in total. The average Bonchev–Trinajstić information content (AvgIpc) is 2.37. The minimum absolute atomic E-state index is 0.0432. The smallest absolute Gasteiger partial charge is 0.335 e. The van der Waals surface area contributed by atoms with E-state index in [1.807, 2.05) is 26.8 Å². The zero-order valence-electron chi connectivity index (χ0n) is 12.1. The molecule has 0 bridgehead atoms. The van der Waals surface area contributed by atoms with Crippen LogP contribution in [0.1, 0.15) is 61.1 Å². The normalized spacial score (nSPS) is 20.3. The van der Waals surface area contributed by atoms with Gasteiger partial charge in [-0.15, -0.1) is 4.72 Å². The Morgan fingerprint density at radius 3 is 2.75 bits per heavy atom. The highest BCUT2D eigenvalue weighted by Gasteiger charge is 2.31. The summed E-state index contributed by atoms with van der Waals surface area (Å²) in [6.07, 6.45) is 2.80. The Kier molecular flexibility index (Phi) is 4.42. The minimum atomic E-state index is -1.12. The molecule has 0 amide bonds. The third kappa shape index (κ3) is 3.34. The van der Waals surface area contributed by atoms with Gasteiger partial charge >= 0.3 is 5.97 Å². The highest BCUT2D eigenvalue weighted by Crippen LogP contribution is 2.32. The summed E-state index contributed by atoms with van der Waals surface area (Å²) in [5.41, 5.74) is 2.46. The van der Waals surface area contributed by atoms with Crippen molar-refractivity contribution < 1.29 is 14.5 Å². The molecule has 5 heteroatoms. The number of benzene rings is 1. The summed E-state index contributed by atoms with van der Waals surface area (Å²) in [7, 11) is 0. The van der Waals surface area contributed by atoms with Gasteiger partial charge in [0.1, 0.15) is 4.75 Å². The van der Waals surface area contributed by atoms with Gasteiger partial charge in [0, 0.05) is 11.4 Å². The van der Waals surface area contributed by atoms with E-state index in [9.17, 15) is 9.35 Å². The lowest BCUT2D eigenvalue weighted by atomic mass is 9.87. The molecular weight excluding hydrogens is 274 g/mol. The molecule has 1 aliphatic rings. The molecule has 2 atom stereocenters. The summed E-state index contributed by atoms with van der Waals surface area (Å²) in [6, 6.07) is 5.27. The van der Waals surface area contributed by atoms with Crippen molar-refractivity contribution in [1.29, 1.82) is 0 Å². The highest BCUT2D eigenvalue weighted by atomic mass is 32.2. The summed E-state index contributed by atoms with van der Waals surface area (Å²) in [5.74, 6) is -0.902. The van der Waals surface area contributed by atoms with Gasteiger partial charge in [0.2, 0.25) is 0 Å². The van der Waals surface area contributed by atoms with E-state index < -0.39 is 17.3 Å². The van der Waals surface area contributed by atoms with E-state index in [1.54, 1.807) is 12.1 Å². The van der Waals surface area contributed by atoms with Crippen LogP contribution < -0.4 is 4.72 Å². The maximum atomic E-state index is 12.2. The zero-order chi connectivity index (χ0) is 14.9. The Morgan fingerprint density at radius 1 is 1.45 bits per heavy atom. The standard InChI is InChI=1S/C15H21NO3S/c1-15(2,3)20(19)16-13-6-4-5-10-9-11(14(17)18)7-8-12(10)13/h7-9,13,16H,4-6H2,1-3H3,(H,17,18)/t13?,20-/m1/s1. The molecular formula is C15H21NO3S. The lowest BCUT2D eigenvalue weighted by molar-refractivity contribution is 0.0696. The van der Waals surface area contributed by atoms with Crippen LogP contribution in [-0.2, 0) is 17.8 Å². The van der Waals surface area contributed by atoms with Gasteiger partial charge in [-0.1, -0.05) is 6.07 Å². The second-order valence-electron chi connectivity index (χ2n) is 6.16. The lowest BCUT2D eigenvalue weighted by Crippen LogP contribution is -2.42. The molecule has 0 fully saturated rings. The molecule has 0 spiro atoms. The van der Waals surface area contributed by atoms with Crippen LogP contribution in [0.3, 0.4) is 0 Å². The molecule has 1 aromatic rings. The first-order valence-electron chi connectivity index (χ1n) is 6.83. The van der Waals surface area contributed by atoms with Crippen LogP contribution in [0.25, 0.3) is 0 Å². The lowest BCUT2D eigenvalue weighted by Gasteiger charge is -2.31. The Hall–Kier alpha value is -1.04. The van der Waals surface area contributed by atoms with Crippen molar-refractivity contribution in [3.8, 4) is 0 Å². The third-order valence-electron chi connectivity index (χ3n) is 3.51. The first-order valence-corrected chi connectivity index (χ1v) is 7.98. The molecule has 0 saturated carbocycles. The summed E-state index contributed by atoms with van der Waals surface area (Å²) in [6.45, 7) is 5.81. The second-order valence-corrected chi connectivity index (χ2v) is 8.16. The van der Waals surface area contributed by atoms with Crippen molar-refractivity contribution in [2.45, 2.75) is 50.8 Å². The van der Waals surface area contributed by atoms with Gasteiger partial charge < -0.3 is 9.66 Å². The highest BCUT2D eigenvalue weighted by molar-refractivity contribution is 7.90. The predicted molar refractivity (Wildman–Crippen MR) is 80.1 cm³/mol. The van der Waals surface area contributed by atoms with Crippen molar-refractivity contribution >= 4 is 17.3 Å². The number of hydrogen-bond acceptors (Lipinski definition) is 3. The molecule has 0 radical (unpaired) electrons. The number of aromatic carboxylic acids is 1. The number of carboxylic acid groups (broad SMARTS) is 1. The van der Waals surface area contributed by atoms with Gasteiger partial charge in [0.05, 0.1) is 11.6 Å². The summed E-state index contributed by atoms with van der Waals surface area (Å²) in [4.78, 5) is 11.0. The maximum Gasteiger partial charge on any atom is 0.335 e. The molecule has 2 rings (SSSR count). The predicted octanol–water partition coefficient (Wildman–Crippen LogP) is 2.81. The summed E-state index contributed by atoms with van der Waals surface area (Å²) < 4.78 is 15.1. The fourth-order valence-corrected chi connectivity index (χ4v) is 3.23. The van der Waals surface area contributed by atoms with Gasteiger partial charge in [-0.25, -0.2) is 4.79 Å². The number of rotatable bonds is 3. The minimum Gasteiger partial charge on any atom is -0.598 e. The average molecular weight is 295 g/mol. The first-order chi connectivity index (χ1) is 9.29. The van der Waals surface area contributed by atoms with E-state index in [4.69, 9.17) is 5.11 Å². The van der Waals surface area contributed by atoms with Gasteiger partial charge in [-0.2, -0.15) is 0 Å². The van der Waals surface area contributed by atoms with Crippen LogP contribution in [0.2, 0.25) is 0 Å². The van der Waals surface area contributed by atoms with E-state index in [-0.39, 0.29) is 10.8 Å². The fraction of sp³-hybridized carbons (Fsp3) is 0.533. The van der Waals surface area contributed by atoms with E-state index in [1.165, 1.54) is 0 Å². The SMILES string of the molecule is CC(C)(C)[S@@+]([O-])NC1CCCc2cc(C(=O)O)ccc21. The third-order valence-corrected chi connectivity index (χ3v) is 5.12. The van der Waals surface area contributed by atoms with Gasteiger partial charge in [-0.05, 0) is 63.3 Å². The largest absolute Gasteiger partial charge is 0.598 e. The first kappa shape index (κ1) is 15.4. The monoisotopic (exact) mass is 295 g/mol.